The predicted molar refractivity (Wildman–Crippen MR) is 210 cm³/mol. The lowest BCUT2D eigenvalue weighted by Gasteiger charge is -2.17. The summed E-state index contributed by atoms with van der Waals surface area (Å²) in [6, 6.07) is 0. The molecule has 0 aromatic carbocycles. The second kappa shape index (κ2) is 40.5. The first-order valence-electron chi connectivity index (χ1n) is 17.5. The molecule has 0 amide bonds. The first-order chi connectivity index (χ1) is 21.2. The van der Waals surface area contributed by atoms with Crippen molar-refractivity contribution in [3.8, 4) is 0 Å². The van der Waals surface area contributed by atoms with Gasteiger partial charge in [0.2, 0.25) is 0 Å². The van der Waals surface area contributed by atoms with E-state index >= 15 is 0 Å². The average molecular weight is 659 g/mol. The predicted octanol–water partition coefficient (Wildman–Crippen LogP) is 10.0. The lowest BCUT2D eigenvalue weighted by Crippen LogP contribution is -2.18. The molecule has 0 atom stereocenters. The number of hydrogen-bond donors (Lipinski definition) is 0. The van der Waals surface area contributed by atoms with Gasteiger partial charge in [0.25, 0.3) is 0 Å². The molecular weight excluding hydrogens is 577 g/mol. The molecule has 0 bridgehead atoms. The lowest BCUT2D eigenvalue weighted by atomic mass is 10.2. The van der Waals surface area contributed by atoms with E-state index in [1.54, 1.807) is 0 Å². The molecule has 7 heteroatoms. The number of allylic oxidation sites excluding steroid dienone is 1. The van der Waals surface area contributed by atoms with Crippen LogP contribution in [0.3, 0.4) is 0 Å². The fourth-order valence-electron chi connectivity index (χ4n) is 3.77. The van der Waals surface area contributed by atoms with Gasteiger partial charge in [0.05, 0.1) is 19.8 Å². The highest BCUT2D eigenvalue weighted by Gasteiger charge is 2.08. The van der Waals surface area contributed by atoms with Crippen LogP contribution >= 0.6 is 11.8 Å². The maximum atomic E-state index is 5.24. The summed E-state index contributed by atoms with van der Waals surface area (Å²) in [6.07, 6.45) is 8.67. The standard InChI is InChI=1S/C8H15N.2C7H13NO.C7H13NS.4C2H6.CH4/c1-8-6-4-3-5-7-9(8)2;1-7-3-5-9-6-4-8(7)2;2*1-7-6-9-5-3-4-8(7)2;4*1-2;/h1,3-7H2,2H3;3*1,3-6H2,2H3;4*1-2H3;1H4. The minimum Gasteiger partial charge on any atom is -0.379 e. The number of thioether (sulfide) groups is 1. The molecule has 0 aromatic rings. The molecule has 272 valence electrons. The van der Waals surface area contributed by atoms with E-state index in [9.17, 15) is 0 Å². The van der Waals surface area contributed by atoms with E-state index in [0.717, 1.165) is 57.2 Å². The zero-order chi connectivity index (χ0) is 34.8. The zero-order valence-electron chi connectivity index (χ0n) is 31.9. The third-order valence-electron chi connectivity index (χ3n) is 6.83. The molecule has 4 fully saturated rings. The topological polar surface area (TPSA) is 31.4 Å². The molecule has 0 spiro atoms. The number of likely N-dealkylation sites (N-methyl/N-ethyl adjacent to an activating group) is 2. The Kier molecular flexibility index (Phi) is 47.6. The molecule has 4 heterocycles. The third kappa shape index (κ3) is 32.2. The first kappa shape index (κ1) is 52.9. The fourth-order valence-corrected chi connectivity index (χ4v) is 4.70. The number of rotatable bonds is 0. The Hall–Kier alpha value is -1.57. The summed E-state index contributed by atoms with van der Waals surface area (Å²) in [7, 11) is 8.36. The number of hydrogen-bond acceptors (Lipinski definition) is 7. The van der Waals surface area contributed by atoms with Gasteiger partial charge in [0, 0.05) is 95.9 Å². The van der Waals surface area contributed by atoms with E-state index < -0.39 is 0 Å². The first-order valence-corrected chi connectivity index (χ1v) is 18.7. The Balaban J connectivity index is -0.000000146. The molecular formula is C38H82N4O2S. The number of ether oxygens (including phenoxy) is 2. The number of nitrogens with zero attached hydrogens (tertiary/aromatic N) is 4. The van der Waals surface area contributed by atoms with Gasteiger partial charge in [-0.25, -0.2) is 0 Å². The van der Waals surface area contributed by atoms with Crippen molar-refractivity contribution in [1.29, 1.82) is 0 Å². The van der Waals surface area contributed by atoms with Crippen LogP contribution in [0.5, 0.6) is 0 Å². The zero-order valence-corrected chi connectivity index (χ0v) is 32.7. The van der Waals surface area contributed by atoms with Crippen molar-refractivity contribution in [3.05, 3.63) is 49.1 Å². The highest BCUT2D eigenvalue weighted by atomic mass is 32.2. The van der Waals surface area contributed by atoms with Crippen LogP contribution in [0.1, 0.15) is 108 Å². The van der Waals surface area contributed by atoms with E-state index in [1.165, 1.54) is 68.0 Å². The summed E-state index contributed by atoms with van der Waals surface area (Å²) in [6.45, 7) is 39.4. The van der Waals surface area contributed by atoms with E-state index in [0.29, 0.717) is 6.61 Å². The quantitative estimate of drug-likeness (QED) is 0.256. The van der Waals surface area contributed by atoms with Gasteiger partial charge in [-0.15, -0.1) is 0 Å². The molecule has 4 aliphatic rings. The van der Waals surface area contributed by atoms with Crippen molar-refractivity contribution in [2.45, 2.75) is 108 Å². The van der Waals surface area contributed by atoms with Gasteiger partial charge in [-0.2, -0.15) is 11.8 Å². The van der Waals surface area contributed by atoms with Crippen LogP contribution in [-0.4, -0.2) is 112 Å². The molecule has 0 aliphatic carbocycles. The minimum absolute atomic E-state index is 0. The van der Waals surface area contributed by atoms with Crippen molar-refractivity contribution < 1.29 is 9.47 Å². The molecule has 4 aliphatic heterocycles. The van der Waals surface area contributed by atoms with Crippen molar-refractivity contribution in [2.24, 2.45) is 0 Å². The second-order valence-corrected chi connectivity index (χ2v) is 11.0. The van der Waals surface area contributed by atoms with Crippen LogP contribution in [0, 0.1) is 0 Å². The summed E-state index contributed by atoms with van der Waals surface area (Å²) in [4.78, 5) is 8.81. The van der Waals surface area contributed by atoms with Gasteiger partial charge in [0.15, 0.2) is 0 Å². The largest absolute Gasteiger partial charge is 0.379 e. The lowest BCUT2D eigenvalue weighted by molar-refractivity contribution is 0.144. The third-order valence-corrected chi connectivity index (χ3v) is 7.94. The average Bonchev–Trinajstić information content (AvgIpc) is 3.55. The van der Waals surface area contributed by atoms with Gasteiger partial charge >= 0.3 is 0 Å². The Labute approximate surface area is 289 Å². The fraction of sp³-hybridized carbons (Fsp3) is 0.789. The van der Waals surface area contributed by atoms with Crippen LogP contribution in [0.15, 0.2) is 49.1 Å². The summed E-state index contributed by atoms with van der Waals surface area (Å²) in [5, 5.41) is 0. The molecule has 0 unspecified atom stereocenters. The van der Waals surface area contributed by atoms with Gasteiger partial charge in [0.1, 0.15) is 0 Å². The van der Waals surface area contributed by atoms with Crippen LogP contribution in [-0.2, 0) is 9.47 Å². The van der Waals surface area contributed by atoms with Crippen LogP contribution in [0.2, 0.25) is 0 Å². The highest BCUT2D eigenvalue weighted by molar-refractivity contribution is 7.99. The van der Waals surface area contributed by atoms with Gasteiger partial charge in [-0.05, 0) is 37.9 Å². The van der Waals surface area contributed by atoms with Crippen LogP contribution in [0.4, 0.5) is 0 Å². The molecule has 4 rings (SSSR count). The van der Waals surface area contributed by atoms with Gasteiger partial charge in [-0.3, -0.25) is 0 Å². The van der Waals surface area contributed by atoms with E-state index in [2.05, 4.69) is 74.1 Å². The van der Waals surface area contributed by atoms with E-state index in [4.69, 9.17) is 9.47 Å². The Bertz CT molecular complexity index is 560. The van der Waals surface area contributed by atoms with Crippen molar-refractivity contribution in [2.75, 3.05) is 92.3 Å². The normalized spacial score (nSPS) is 18.0. The van der Waals surface area contributed by atoms with Crippen LogP contribution < -0.4 is 0 Å². The van der Waals surface area contributed by atoms with Gasteiger partial charge in [-0.1, -0.05) is 95.6 Å². The Morgan fingerprint density at radius 3 is 1.60 bits per heavy atom. The van der Waals surface area contributed by atoms with Gasteiger partial charge < -0.3 is 29.1 Å². The molecule has 0 saturated carbocycles. The minimum atomic E-state index is 0. The molecule has 0 radical (unpaired) electrons. The summed E-state index contributed by atoms with van der Waals surface area (Å²) in [5.41, 5.74) is 4.87. The monoisotopic (exact) mass is 659 g/mol. The van der Waals surface area contributed by atoms with Crippen molar-refractivity contribution in [3.63, 3.8) is 0 Å². The Morgan fingerprint density at radius 1 is 0.489 bits per heavy atom. The van der Waals surface area contributed by atoms with E-state index in [-0.39, 0.29) is 7.43 Å². The smallest absolute Gasteiger partial charge is 0.0858 e. The molecule has 0 N–H and O–H groups in total. The van der Waals surface area contributed by atoms with Crippen molar-refractivity contribution >= 4 is 11.8 Å². The van der Waals surface area contributed by atoms with E-state index in [1.807, 2.05) is 67.2 Å². The number of likely N-dealkylation sites (tertiary alicyclic amines) is 1. The molecule has 0 aromatic heterocycles. The maximum absolute atomic E-state index is 5.24. The second-order valence-electron chi connectivity index (χ2n) is 9.94. The molecule has 6 nitrogen and oxygen atoms in total. The summed E-state index contributed by atoms with van der Waals surface area (Å²) in [5.74, 6) is 2.42. The SMILES string of the molecule is C.C=C1CCCCCN1C.C=C1CCOCCN1C.C=C1COCCCN1C.C=C1CSCCCN1C.CC.CC.CC.CC. The molecule has 4 saturated heterocycles. The van der Waals surface area contributed by atoms with Crippen molar-refractivity contribution in [1.82, 2.24) is 19.6 Å². The maximum Gasteiger partial charge on any atom is 0.0858 e. The molecule has 45 heavy (non-hydrogen) atoms. The highest BCUT2D eigenvalue weighted by Crippen LogP contribution is 2.16. The Morgan fingerprint density at radius 2 is 0.978 bits per heavy atom. The summed E-state index contributed by atoms with van der Waals surface area (Å²) >= 11 is 1.99. The van der Waals surface area contributed by atoms with Crippen LogP contribution in [0.25, 0.3) is 0 Å². The summed E-state index contributed by atoms with van der Waals surface area (Å²) < 4.78 is 10.5.